The minimum Gasteiger partial charge on any atom is -0.352 e. The maximum absolute atomic E-state index is 12.0. The highest BCUT2D eigenvalue weighted by Crippen LogP contribution is 2.12. The van der Waals surface area contributed by atoms with Crippen molar-refractivity contribution in [2.24, 2.45) is 5.41 Å². The molecule has 0 fully saturated rings. The predicted molar refractivity (Wildman–Crippen MR) is 81.5 cm³/mol. The van der Waals surface area contributed by atoms with Crippen LogP contribution >= 0.6 is 0 Å². The molecule has 0 aromatic heterocycles. The van der Waals surface area contributed by atoms with Crippen LogP contribution in [-0.2, 0) is 6.42 Å². The van der Waals surface area contributed by atoms with E-state index >= 15 is 0 Å². The molecule has 2 heteroatoms. The smallest absolute Gasteiger partial charge is 0.251 e. The zero-order chi connectivity index (χ0) is 14.3. The van der Waals surface area contributed by atoms with E-state index in [1.165, 1.54) is 24.8 Å². The van der Waals surface area contributed by atoms with Gasteiger partial charge in [0.1, 0.15) is 0 Å². The molecule has 1 N–H and O–H groups in total. The van der Waals surface area contributed by atoms with Gasteiger partial charge in [-0.2, -0.15) is 0 Å². The molecule has 2 nitrogen and oxygen atoms in total. The SMILES string of the molecule is CCCCCc1ccc(C(=O)NCC(C)(C)C)cc1. The fourth-order valence-electron chi connectivity index (χ4n) is 1.85. The van der Waals surface area contributed by atoms with E-state index < -0.39 is 0 Å². The minimum atomic E-state index is 0.0232. The van der Waals surface area contributed by atoms with Crippen molar-refractivity contribution in [3.8, 4) is 0 Å². The molecule has 0 aliphatic rings. The van der Waals surface area contributed by atoms with Gasteiger partial charge in [0.25, 0.3) is 5.91 Å². The number of rotatable bonds is 6. The maximum atomic E-state index is 12.0. The summed E-state index contributed by atoms with van der Waals surface area (Å²) in [6.07, 6.45) is 4.85. The van der Waals surface area contributed by atoms with E-state index in [4.69, 9.17) is 0 Å². The monoisotopic (exact) mass is 261 g/mol. The van der Waals surface area contributed by atoms with Crippen LogP contribution in [0.25, 0.3) is 0 Å². The number of unbranched alkanes of at least 4 members (excludes halogenated alkanes) is 2. The Labute approximate surface area is 117 Å². The van der Waals surface area contributed by atoms with Crippen LogP contribution < -0.4 is 5.32 Å². The Bertz CT molecular complexity index is 387. The molecular weight excluding hydrogens is 234 g/mol. The largest absolute Gasteiger partial charge is 0.352 e. The van der Waals surface area contributed by atoms with Crippen LogP contribution in [0.4, 0.5) is 0 Å². The predicted octanol–water partition coefficient (Wildman–Crippen LogP) is 4.20. The number of aryl methyl sites for hydroxylation is 1. The van der Waals surface area contributed by atoms with Crippen molar-refractivity contribution in [1.82, 2.24) is 5.32 Å². The minimum absolute atomic E-state index is 0.0232. The van der Waals surface area contributed by atoms with Gasteiger partial charge < -0.3 is 5.32 Å². The van der Waals surface area contributed by atoms with Crippen LogP contribution in [0.15, 0.2) is 24.3 Å². The Morgan fingerprint density at radius 3 is 2.26 bits per heavy atom. The fraction of sp³-hybridized carbons (Fsp3) is 0.588. The van der Waals surface area contributed by atoms with Crippen LogP contribution in [-0.4, -0.2) is 12.5 Å². The Kier molecular flexibility index (Phi) is 6.07. The summed E-state index contributed by atoms with van der Waals surface area (Å²) < 4.78 is 0. The quantitative estimate of drug-likeness (QED) is 0.764. The molecule has 0 bridgehead atoms. The van der Waals surface area contributed by atoms with Gasteiger partial charge in [0.15, 0.2) is 0 Å². The molecule has 0 heterocycles. The molecule has 0 unspecified atom stereocenters. The van der Waals surface area contributed by atoms with E-state index in [0.717, 1.165) is 12.0 Å². The number of hydrogen-bond acceptors (Lipinski definition) is 1. The second kappa shape index (κ2) is 7.32. The maximum Gasteiger partial charge on any atom is 0.251 e. The number of nitrogens with one attached hydrogen (secondary N) is 1. The van der Waals surface area contributed by atoms with Crippen molar-refractivity contribution in [3.63, 3.8) is 0 Å². The van der Waals surface area contributed by atoms with E-state index in [0.29, 0.717) is 6.54 Å². The molecule has 1 rings (SSSR count). The molecule has 1 amide bonds. The van der Waals surface area contributed by atoms with Crippen molar-refractivity contribution >= 4 is 5.91 Å². The van der Waals surface area contributed by atoms with Crippen LogP contribution in [0.1, 0.15) is 62.9 Å². The topological polar surface area (TPSA) is 29.1 Å². The summed E-state index contributed by atoms with van der Waals surface area (Å²) in [4.78, 5) is 12.0. The highest BCUT2D eigenvalue weighted by molar-refractivity contribution is 5.94. The Hall–Kier alpha value is -1.31. The molecule has 0 aliphatic heterocycles. The lowest BCUT2D eigenvalue weighted by molar-refractivity contribution is 0.0939. The zero-order valence-electron chi connectivity index (χ0n) is 12.8. The first-order valence-electron chi connectivity index (χ1n) is 7.29. The van der Waals surface area contributed by atoms with Gasteiger partial charge >= 0.3 is 0 Å². The molecular formula is C17H27NO. The lowest BCUT2D eigenvalue weighted by Gasteiger charge is -2.18. The van der Waals surface area contributed by atoms with Crippen LogP contribution in [0.2, 0.25) is 0 Å². The molecule has 1 aromatic rings. The van der Waals surface area contributed by atoms with Crippen molar-refractivity contribution in [3.05, 3.63) is 35.4 Å². The van der Waals surface area contributed by atoms with E-state index in [2.05, 4.69) is 45.1 Å². The molecule has 19 heavy (non-hydrogen) atoms. The van der Waals surface area contributed by atoms with Crippen molar-refractivity contribution in [2.75, 3.05) is 6.54 Å². The molecule has 0 spiro atoms. The van der Waals surface area contributed by atoms with Gasteiger partial charge in [-0.1, -0.05) is 52.7 Å². The molecule has 106 valence electrons. The van der Waals surface area contributed by atoms with E-state index in [1.54, 1.807) is 0 Å². The number of amides is 1. The van der Waals surface area contributed by atoms with Crippen molar-refractivity contribution < 1.29 is 4.79 Å². The Morgan fingerprint density at radius 2 is 1.74 bits per heavy atom. The number of carbonyl (C=O) groups excluding carboxylic acids is 1. The third-order valence-corrected chi connectivity index (χ3v) is 3.06. The van der Waals surface area contributed by atoms with E-state index in [-0.39, 0.29) is 11.3 Å². The van der Waals surface area contributed by atoms with Crippen molar-refractivity contribution in [2.45, 2.75) is 53.4 Å². The van der Waals surface area contributed by atoms with Gasteiger partial charge in [-0.25, -0.2) is 0 Å². The van der Waals surface area contributed by atoms with Gasteiger partial charge in [-0.15, -0.1) is 0 Å². The number of benzene rings is 1. The molecule has 0 atom stereocenters. The number of hydrogen-bond donors (Lipinski definition) is 1. The zero-order valence-corrected chi connectivity index (χ0v) is 12.8. The first-order valence-corrected chi connectivity index (χ1v) is 7.29. The first-order chi connectivity index (χ1) is 8.92. The summed E-state index contributed by atoms with van der Waals surface area (Å²) >= 11 is 0. The normalized spacial score (nSPS) is 11.4. The van der Waals surface area contributed by atoms with Gasteiger partial charge in [0.05, 0.1) is 0 Å². The third-order valence-electron chi connectivity index (χ3n) is 3.06. The Morgan fingerprint density at radius 1 is 1.11 bits per heavy atom. The second-order valence-corrected chi connectivity index (χ2v) is 6.40. The van der Waals surface area contributed by atoms with Crippen LogP contribution in [0.3, 0.4) is 0 Å². The summed E-state index contributed by atoms with van der Waals surface area (Å²) in [6, 6.07) is 8.00. The van der Waals surface area contributed by atoms with E-state index in [1.807, 2.05) is 12.1 Å². The lowest BCUT2D eigenvalue weighted by Crippen LogP contribution is -2.32. The lowest BCUT2D eigenvalue weighted by atomic mass is 9.97. The van der Waals surface area contributed by atoms with Gasteiger partial charge in [-0.3, -0.25) is 4.79 Å². The summed E-state index contributed by atoms with van der Waals surface area (Å²) in [5.41, 5.74) is 2.19. The molecule has 0 saturated carbocycles. The van der Waals surface area contributed by atoms with Gasteiger partial charge in [-0.05, 0) is 36.0 Å². The average molecular weight is 261 g/mol. The Balaban J connectivity index is 2.48. The highest BCUT2D eigenvalue weighted by Gasteiger charge is 2.12. The fourth-order valence-corrected chi connectivity index (χ4v) is 1.85. The second-order valence-electron chi connectivity index (χ2n) is 6.40. The van der Waals surface area contributed by atoms with E-state index in [9.17, 15) is 4.79 Å². The van der Waals surface area contributed by atoms with Gasteiger partial charge in [0, 0.05) is 12.1 Å². The van der Waals surface area contributed by atoms with Gasteiger partial charge in [0.2, 0.25) is 0 Å². The summed E-state index contributed by atoms with van der Waals surface area (Å²) in [7, 11) is 0. The average Bonchev–Trinajstić information content (AvgIpc) is 2.36. The van der Waals surface area contributed by atoms with Crippen molar-refractivity contribution in [1.29, 1.82) is 0 Å². The molecule has 0 radical (unpaired) electrons. The number of carbonyl (C=O) groups is 1. The summed E-state index contributed by atoms with van der Waals surface area (Å²) in [6.45, 7) is 9.26. The molecule has 1 aromatic carbocycles. The van der Waals surface area contributed by atoms with Crippen LogP contribution in [0, 0.1) is 5.41 Å². The molecule has 0 aliphatic carbocycles. The van der Waals surface area contributed by atoms with Crippen LogP contribution in [0.5, 0.6) is 0 Å². The highest BCUT2D eigenvalue weighted by atomic mass is 16.1. The molecule has 0 saturated heterocycles. The first kappa shape index (κ1) is 15.7. The summed E-state index contributed by atoms with van der Waals surface area (Å²) in [5.74, 6) is 0.0232. The standard InChI is InChI=1S/C17H27NO/c1-5-6-7-8-14-9-11-15(12-10-14)16(19)18-13-17(2,3)4/h9-12H,5-8,13H2,1-4H3,(H,18,19). The third kappa shape index (κ3) is 6.42. The summed E-state index contributed by atoms with van der Waals surface area (Å²) in [5, 5.41) is 2.97.